The Bertz CT molecular complexity index is 1520. The van der Waals surface area contributed by atoms with Gasteiger partial charge in [-0.3, -0.25) is 9.52 Å². The molecule has 0 saturated heterocycles. The molecule has 176 valence electrons. The maximum atomic E-state index is 13.0. The van der Waals surface area contributed by atoms with Gasteiger partial charge in [0.2, 0.25) is 0 Å². The van der Waals surface area contributed by atoms with Crippen LogP contribution in [0, 0.1) is 0 Å². The zero-order chi connectivity index (χ0) is 24.3. The Morgan fingerprint density at radius 2 is 1.71 bits per heavy atom. The molecule has 0 aliphatic heterocycles. The van der Waals surface area contributed by atoms with Crippen molar-refractivity contribution in [2.75, 3.05) is 18.9 Å². The first kappa shape index (κ1) is 22.9. The normalized spacial score (nSPS) is 11.2. The molecule has 1 heterocycles. The van der Waals surface area contributed by atoms with Gasteiger partial charge in [-0.05, 0) is 48.5 Å². The van der Waals surface area contributed by atoms with Crippen molar-refractivity contribution in [2.24, 2.45) is 0 Å². The molecule has 0 aliphatic rings. The van der Waals surface area contributed by atoms with Gasteiger partial charge in [-0.1, -0.05) is 12.1 Å². The standard InChI is InChI=1S/C23H22N4O6S/c1-32-15-7-10-21(33-2)14(11-15)13-24-22(28)17-5-3-4-6-18(17)27-34(30,31)16-8-9-19-20(12-16)26-23(29)25-19/h3-12,27H,13H2,1-2H3,(H,24,28)(H2,25,26,29). The summed E-state index contributed by atoms with van der Waals surface area (Å²) in [6.45, 7) is 0.137. The second kappa shape index (κ2) is 9.32. The van der Waals surface area contributed by atoms with Crippen LogP contribution < -0.4 is 25.2 Å². The van der Waals surface area contributed by atoms with Crippen LogP contribution in [0.4, 0.5) is 5.69 Å². The van der Waals surface area contributed by atoms with E-state index in [1.807, 2.05) is 0 Å². The monoisotopic (exact) mass is 482 g/mol. The summed E-state index contributed by atoms with van der Waals surface area (Å²) in [4.78, 5) is 29.4. The van der Waals surface area contributed by atoms with Crippen molar-refractivity contribution in [3.8, 4) is 11.5 Å². The molecule has 0 radical (unpaired) electrons. The van der Waals surface area contributed by atoms with E-state index in [2.05, 4.69) is 20.0 Å². The zero-order valence-corrected chi connectivity index (χ0v) is 19.2. The number of sulfonamides is 1. The Hall–Kier alpha value is -4.25. The number of ether oxygens (including phenoxy) is 2. The largest absolute Gasteiger partial charge is 0.497 e. The van der Waals surface area contributed by atoms with Gasteiger partial charge in [0.05, 0.1) is 41.4 Å². The molecule has 0 atom stereocenters. The van der Waals surface area contributed by atoms with Crippen LogP contribution in [0.25, 0.3) is 11.0 Å². The molecule has 11 heteroatoms. The predicted octanol–water partition coefficient (Wildman–Crippen LogP) is 2.60. The molecule has 4 N–H and O–H groups in total. The number of fused-ring (bicyclic) bond motifs is 1. The fourth-order valence-electron chi connectivity index (χ4n) is 3.44. The van der Waals surface area contributed by atoms with E-state index in [9.17, 15) is 18.0 Å². The summed E-state index contributed by atoms with van der Waals surface area (Å²) in [5, 5.41) is 2.78. The van der Waals surface area contributed by atoms with Gasteiger partial charge in [0.1, 0.15) is 11.5 Å². The van der Waals surface area contributed by atoms with Crippen LogP contribution in [0.2, 0.25) is 0 Å². The van der Waals surface area contributed by atoms with E-state index in [0.717, 1.165) is 0 Å². The van der Waals surface area contributed by atoms with Crippen molar-refractivity contribution in [1.82, 2.24) is 15.3 Å². The summed E-state index contributed by atoms with van der Waals surface area (Å²) < 4.78 is 39.0. The zero-order valence-electron chi connectivity index (χ0n) is 18.3. The molecule has 0 bridgehead atoms. The highest BCUT2D eigenvalue weighted by atomic mass is 32.2. The molecular formula is C23H22N4O6S. The number of carbonyl (C=O) groups is 1. The average Bonchev–Trinajstić information content (AvgIpc) is 3.21. The van der Waals surface area contributed by atoms with Crippen LogP contribution in [-0.4, -0.2) is 38.5 Å². The highest BCUT2D eigenvalue weighted by molar-refractivity contribution is 7.92. The van der Waals surface area contributed by atoms with E-state index in [1.165, 1.54) is 44.6 Å². The lowest BCUT2D eigenvalue weighted by Gasteiger charge is -2.14. The van der Waals surface area contributed by atoms with E-state index in [1.54, 1.807) is 30.3 Å². The number of amides is 1. The van der Waals surface area contributed by atoms with Gasteiger partial charge >= 0.3 is 5.69 Å². The molecule has 4 rings (SSSR count). The van der Waals surface area contributed by atoms with Crippen LogP contribution in [0.15, 0.2) is 70.4 Å². The van der Waals surface area contributed by atoms with Crippen molar-refractivity contribution in [2.45, 2.75) is 11.4 Å². The third-order valence-corrected chi connectivity index (χ3v) is 6.50. The number of aromatic amines is 2. The molecule has 1 aromatic heterocycles. The van der Waals surface area contributed by atoms with Crippen molar-refractivity contribution in [1.29, 1.82) is 0 Å². The topological polar surface area (TPSA) is 142 Å². The van der Waals surface area contributed by atoms with E-state index < -0.39 is 21.6 Å². The molecular weight excluding hydrogens is 460 g/mol. The van der Waals surface area contributed by atoms with Gasteiger partial charge in [0.15, 0.2) is 0 Å². The Labute approximate surface area is 195 Å². The maximum absolute atomic E-state index is 13.0. The fraction of sp³-hybridized carbons (Fsp3) is 0.130. The quantitative estimate of drug-likeness (QED) is 0.304. The highest BCUT2D eigenvalue weighted by Crippen LogP contribution is 2.25. The molecule has 0 spiro atoms. The number of hydrogen-bond donors (Lipinski definition) is 4. The minimum atomic E-state index is -4.04. The minimum absolute atomic E-state index is 0.0634. The Morgan fingerprint density at radius 3 is 2.47 bits per heavy atom. The summed E-state index contributed by atoms with van der Waals surface area (Å²) in [7, 11) is -0.976. The molecule has 0 fully saturated rings. The number of carbonyl (C=O) groups excluding carboxylic acids is 1. The highest BCUT2D eigenvalue weighted by Gasteiger charge is 2.20. The van der Waals surface area contributed by atoms with E-state index in [-0.39, 0.29) is 22.7 Å². The second-order valence-electron chi connectivity index (χ2n) is 7.30. The molecule has 0 unspecified atom stereocenters. The smallest absolute Gasteiger partial charge is 0.323 e. The first-order chi connectivity index (χ1) is 16.3. The Balaban J connectivity index is 1.56. The fourth-order valence-corrected chi connectivity index (χ4v) is 4.55. The molecule has 10 nitrogen and oxygen atoms in total. The SMILES string of the molecule is COc1ccc(OC)c(CNC(=O)c2ccccc2NS(=O)(=O)c2ccc3[nH]c(=O)[nH]c3c2)c1. The average molecular weight is 483 g/mol. The van der Waals surface area contributed by atoms with Crippen LogP contribution in [0.3, 0.4) is 0 Å². The van der Waals surface area contributed by atoms with Crippen molar-refractivity contribution in [3.63, 3.8) is 0 Å². The maximum Gasteiger partial charge on any atom is 0.323 e. The third-order valence-electron chi connectivity index (χ3n) is 5.14. The third kappa shape index (κ3) is 4.74. The predicted molar refractivity (Wildman–Crippen MR) is 127 cm³/mol. The first-order valence-electron chi connectivity index (χ1n) is 10.1. The van der Waals surface area contributed by atoms with Crippen LogP contribution in [-0.2, 0) is 16.6 Å². The molecule has 3 aromatic carbocycles. The number of aromatic nitrogens is 2. The van der Waals surface area contributed by atoms with Gasteiger partial charge in [-0.15, -0.1) is 0 Å². The van der Waals surface area contributed by atoms with E-state index in [0.29, 0.717) is 28.1 Å². The summed E-state index contributed by atoms with van der Waals surface area (Å²) >= 11 is 0. The van der Waals surface area contributed by atoms with E-state index in [4.69, 9.17) is 9.47 Å². The van der Waals surface area contributed by atoms with Crippen molar-refractivity contribution in [3.05, 3.63) is 82.3 Å². The molecule has 1 amide bonds. The number of hydrogen-bond acceptors (Lipinski definition) is 6. The Morgan fingerprint density at radius 1 is 0.941 bits per heavy atom. The Kier molecular flexibility index (Phi) is 6.28. The van der Waals surface area contributed by atoms with Gasteiger partial charge in [0, 0.05) is 12.1 Å². The summed E-state index contributed by atoms with van der Waals surface area (Å²) in [6.07, 6.45) is 0. The van der Waals surface area contributed by atoms with Crippen molar-refractivity contribution < 1.29 is 22.7 Å². The lowest BCUT2D eigenvalue weighted by Crippen LogP contribution is -2.25. The molecule has 4 aromatic rings. The second-order valence-corrected chi connectivity index (χ2v) is 8.98. The van der Waals surface area contributed by atoms with Gasteiger partial charge in [0.25, 0.3) is 15.9 Å². The number of anilines is 1. The lowest BCUT2D eigenvalue weighted by atomic mass is 10.1. The number of H-pyrrole nitrogens is 2. The van der Waals surface area contributed by atoms with E-state index >= 15 is 0 Å². The number of methoxy groups -OCH3 is 2. The van der Waals surface area contributed by atoms with Crippen LogP contribution in [0.5, 0.6) is 11.5 Å². The summed E-state index contributed by atoms with van der Waals surface area (Å²) in [5.41, 5.74) is 1.35. The number of nitrogens with one attached hydrogen (secondary N) is 4. The van der Waals surface area contributed by atoms with Gasteiger partial charge < -0.3 is 24.8 Å². The summed E-state index contributed by atoms with van der Waals surface area (Å²) in [5.74, 6) is 0.709. The van der Waals surface area contributed by atoms with Crippen LogP contribution >= 0.6 is 0 Å². The number of benzene rings is 3. The van der Waals surface area contributed by atoms with Crippen LogP contribution in [0.1, 0.15) is 15.9 Å². The van der Waals surface area contributed by atoms with Gasteiger partial charge in [-0.2, -0.15) is 0 Å². The molecule has 0 saturated carbocycles. The van der Waals surface area contributed by atoms with Crippen molar-refractivity contribution >= 4 is 32.7 Å². The first-order valence-corrected chi connectivity index (χ1v) is 11.6. The number of imidazole rings is 1. The number of para-hydroxylation sites is 1. The lowest BCUT2D eigenvalue weighted by molar-refractivity contribution is 0.0951. The molecule has 34 heavy (non-hydrogen) atoms. The summed E-state index contributed by atoms with van der Waals surface area (Å²) in [6, 6.07) is 15.7. The number of rotatable bonds is 8. The minimum Gasteiger partial charge on any atom is -0.497 e. The van der Waals surface area contributed by atoms with Gasteiger partial charge in [-0.25, -0.2) is 13.2 Å². The molecule has 0 aliphatic carbocycles.